The van der Waals surface area contributed by atoms with E-state index in [-0.39, 0.29) is 28.0 Å². The summed E-state index contributed by atoms with van der Waals surface area (Å²) < 4.78 is 40.7. The van der Waals surface area contributed by atoms with Crippen molar-refractivity contribution in [2.45, 2.75) is 24.0 Å². The molecule has 0 aromatic heterocycles. The normalized spacial score (nSPS) is 11.3. The molecule has 0 atom stereocenters. The van der Waals surface area contributed by atoms with Gasteiger partial charge in [-0.2, -0.15) is 11.8 Å². The van der Waals surface area contributed by atoms with Crippen molar-refractivity contribution in [2.24, 2.45) is 0 Å². The second-order valence-corrected chi connectivity index (χ2v) is 11.0. The van der Waals surface area contributed by atoms with Crippen molar-refractivity contribution in [3.8, 4) is 0 Å². The maximum absolute atomic E-state index is 13.4. The Morgan fingerprint density at radius 3 is 2.38 bits per heavy atom. The lowest BCUT2D eigenvalue weighted by atomic mass is 10.2. The summed E-state index contributed by atoms with van der Waals surface area (Å²) in [5.41, 5.74) is 2.21. The van der Waals surface area contributed by atoms with Gasteiger partial charge in [-0.3, -0.25) is 9.10 Å². The molecule has 0 saturated carbocycles. The molecule has 0 aliphatic carbocycles. The number of sulfonamides is 1. The third-order valence-corrected chi connectivity index (χ3v) is 8.20. The third-order valence-electron chi connectivity index (χ3n) is 4.99. The first kappa shape index (κ1) is 26.1. The number of halogens is 2. The van der Waals surface area contributed by atoms with Crippen LogP contribution < -0.4 is 9.62 Å². The molecule has 0 spiro atoms. The third kappa shape index (κ3) is 7.22. The summed E-state index contributed by atoms with van der Waals surface area (Å²) in [5.74, 6) is 0.877. The SMILES string of the molecule is Cc1ccc(S(=O)(=O)N(CC(=O)NCCCSCc2ccc(F)cc2)c2ccccc2Cl)cc1. The number of para-hydroxylation sites is 1. The Kier molecular flexibility index (Phi) is 9.38. The van der Waals surface area contributed by atoms with Gasteiger partial charge in [-0.25, -0.2) is 12.8 Å². The number of nitrogens with one attached hydrogen (secondary N) is 1. The number of nitrogens with zero attached hydrogens (tertiary/aromatic N) is 1. The molecule has 5 nitrogen and oxygen atoms in total. The highest BCUT2D eigenvalue weighted by Crippen LogP contribution is 2.30. The zero-order valence-corrected chi connectivity index (χ0v) is 21.1. The Hall–Kier alpha value is -2.55. The van der Waals surface area contributed by atoms with Crippen molar-refractivity contribution in [1.82, 2.24) is 5.32 Å². The van der Waals surface area contributed by atoms with Crippen LogP contribution in [-0.2, 0) is 20.6 Å². The smallest absolute Gasteiger partial charge is 0.264 e. The molecule has 0 fully saturated rings. The molecule has 1 amide bonds. The number of amides is 1. The minimum Gasteiger partial charge on any atom is -0.354 e. The molecular formula is C25H26ClFN2O3S2. The lowest BCUT2D eigenvalue weighted by Crippen LogP contribution is -2.41. The van der Waals surface area contributed by atoms with E-state index in [9.17, 15) is 17.6 Å². The van der Waals surface area contributed by atoms with Gasteiger partial charge < -0.3 is 5.32 Å². The molecule has 0 heterocycles. The summed E-state index contributed by atoms with van der Waals surface area (Å²) in [6.45, 7) is 1.90. The lowest BCUT2D eigenvalue weighted by molar-refractivity contribution is -0.119. The maximum atomic E-state index is 13.4. The van der Waals surface area contributed by atoms with Gasteiger partial charge in [-0.1, -0.05) is 53.6 Å². The molecule has 34 heavy (non-hydrogen) atoms. The Morgan fingerprint density at radius 2 is 1.71 bits per heavy atom. The standard InChI is InChI=1S/C25H26ClFN2O3S2/c1-19-7-13-22(14-8-19)34(31,32)29(24-6-3-2-5-23(24)26)17-25(30)28-15-4-16-33-18-20-9-11-21(27)12-10-20/h2-3,5-14H,4,15-18H2,1H3,(H,28,30). The monoisotopic (exact) mass is 520 g/mol. The van der Waals surface area contributed by atoms with Crippen LogP contribution in [0.15, 0.2) is 77.7 Å². The van der Waals surface area contributed by atoms with Gasteiger partial charge in [0.05, 0.1) is 15.6 Å². The molecule has 3 aromatic rings. The number of rotatable bonds is 11. The van der Waals surface area contributed by atoms with E-state index in [4.69, 9.17) is 11.6 Å². The fourth-order valence-corrected chi connectivity index (χ4v) is 5.80. The van der Waals surface area contributed by atoms with E-state index >= 15 is 0 Å². The van der Waals surface area contributed by atoms with Gasteiger partial charge in [0.15, 0.2) is 0 Å². The second kappa shape index (κ2) is 12.2. The number of hydrogen-bond donors (Lipinski definition) is 1. The van der Waals surface area contributed by atoms with Gasteiger partial charge in [-0.05, 0) is 61.1 Å². The van der Waals surface area contributed by atoms with Crippen molar-refractivity contribution >= 4 is 45.0 Å². The topological polar surface area (TPSA) is 66.5 Å². The Labute approximate surface area is 209 Å². The molecule has 3 rings (SSSR count). The largest absolute Gasteiger partial charge is 0.354 e. The number of carbonyl (C=O) groups excluding carboxylic acids is 1. The number of anilines is 1. The minimum atomic E-state index is -4.00. The molecule has 0 saturated heterocycles. The molecule has 3 aromatic carbocycles. The molecule has 1 N–H and O–H groups in total. The van der Waals surface area contributed by atoms with Crippen LogP contribution in [0.4, 0.5) is 10.1 Å². The maximum Gasteiger partial charge on any atom is 0.264 e. The number of carbonyl (C=O) groups is 1. The number of thioether (sulfide) groups is 1. The van der Waals surface area contributed by atoms with Gasteiger partial charge in [-0.15, -0.1) is 0 Å². The van der Waals surface area contributed by atoms with E-state index < -0.39 is 15.9 Å². The van der Waals surface area contributed by atoms with Crippen molar-refractivity contribution in [2.75, 3.05) is 23.1 Å². The van der Waals surface area contributed by atoms with Crippen molar-refractivity contribution in [3.05, 3.63) is 94.8 Å². The lowest BCUT2D eigenvalue weighted by Gasteiger charge is -2.25. The van der Waals surface area contributed by atoms with Gasteiger partial charge in [0.1, 0.15) is 12.4 Å². The van der Waals surface area contributed by atoms with Crippen molar-refractivity contribution in [3.63, 3.8) is 0 Å². The average molecular weight is 521 g/mol. The highest BCUT2D eigenvalue weighted by atomic mass is 35.5. The zero-order valence-electron chi connectivity index (χ0n) is 18.7. The summed E-state index contributed by atoms with van der Waals surface area (Å²) in [6.07, 6.45) is 0.717. The second-order valence-electron chi connectivity index (χ2n) is 7.66. The van der Waals surface area contributed by atoms with Gasteiger partial charge >= 0.3 is 0 Å². The highest BCUT2D eigenvalue weighted by Gasteiger charge is 2.28. The van der Waals surface area contributed by atoms with Crippen LogP contribution in [0.25, 0.3) is 0 Å². The van der Waals surface area contributed by atoms with Gasteiger partial charge in [0, 0.05) is 12.3 Å². The van der Waals surface area contributed by atoms with E-state index in [1.807, 2.05) is 6.92 Å². The predicted molar refractivity (Wildman–Crippen MR) is 137 cm³/mol. The fraction of sp³-hybridized carbons (Fsp3) is 0.240. The van der Waals surface area contributed by atoms with Crippen LogP contribution in [0.3, 0.4) is 0 Å². The van der Waals surface area contributed by atoms with Crippen LogP contribution in [0.2, 0.25) is 5.02 Å². The number of benzene rings is 3. The van der Waals surface area contributed by atoms with Crippen LogP contribution in [-0.4, -0.2) is 33.2 Å². The first-order valence-corrected chi connectivity index (χ1v) is 13.7. The summed E-state index contributed by atoms with van der Waals surface area (Å²) in [4.78, 5) is 12.7. The van der Waals surface area contributed by atoms with Crippen LogP contribution in [0.5, 0.6) is 0 Å². The van der Waals surface area contributed by atoms with Gasteiger partial charge in [0.25, 0.3) is 10.0 Å². The fourth-order valence-electron chi connectivity index (χ4n) is 3.15. The average Bonchev–Trinajstić information content (AvgIpc) is 2.81. The van der Waals surface area contributed by atoms with E-state index in [1.54, 1.807) is 60.3 Å². The molecular weight excluding hydrogens is 495 g/mol. The first-order chi connectivity index (χ1) is 16.3. The van der Waals surface area contributed by atoms with Crippen LogP contribution in [0, 0.1) is 12.7 Å². The number of aryl methyl sites for hydroxylation is 1. The summed E-state index contributed by atoms with van der Waals surface area (Å²) in [7, 11) is -4.00. The number of hydrogen-bond acceptors (Lipinski definition) is 4. The minimum absolute atomic E-state index is 0.0861. The summed E-state index contributed by atoms with van der Waals surface area (Å²) >= 11 is 7.96. The Balaban J connectivity index is 1.59. The molecule has 0 aliphatic rings. The Bertz CT molecular complexity index is 1200. The molecule has 0 aliphatic heterocycles. The molecule has 9 heteroatoms. The Morgan fingerprint density at radius 1 is 1.03 bits per heavy atom. The van der Waals surface area contributed by atoms with E-state index in [2.05, 4.69) is 5.32 Å². The van der Waals surface area contributed by atoms with E-state index in [0.717, 1.165) is 26.9 Å². The molecule has 0 unspecified atom stereocenters. The van der Waals surface area contributed by atoms with Crippen LogP contribution in [0.1, 0.15) is 17.5 Å². The quantitative estimate of drug-likeness (QED) is 0.343. The van der Waals surface area contributed by atoms with Crippen molar-refractivity contribution in [1.29, 1.82) is 0 Å². The summed E-state index contributed by atoms with van der Waals surface area (Å²) in [5, 5.41) is 3.03. The van der Waals surface area contributed by atoms with Crippen LogP contribution >= 0.6 is 23.4 Å². The predicted octanol–water partition coefficient (Wildman–Crippen LogP) is 5.42. The van der Waals surface area contributed by atoms with E-state index in [0.29, 0.717) is 13.0 Å². The molecule has 0 bridgehead atoms. The van der Waals surface area contributed by atoms with E-state index in [1.165, 1.54) is 24.3 Å². The van der Waals surface area contributed by atoms with Crippen molar-refractivity contribution < 1.29 is 17.6 Å². The summed E-state index contributed by atoms with van der Waals surface area (Å²) in [6, 6.07) is 19.4. The van der Waals surface area contributed by atoms with Gasteiger partial charge in [0.2, 0.25) is 5.91 Å². The molecule has 0 radical (unpaired) electrons. The highest BCUT2D eigenvalue weighted by molar-refractivity contribution is 7.98. The molecule has 180 valence electrons. The zero-order chi connectivity index (χ0) is 24.6. The first-order valence-electron chi connectivity index (χ1n) is 10.7.